The Morgan fingerprint density at radius 2 is 1.97 bits per heavy atom. The molecule has 1 aliphatic rings. The highest BCUT2D eigenvalue weighted by Crippen LogP contribution is 2.39. The van der Waals surface area contributed by atoms with Crippen molar-refractivity contribution in [1.82, 2.24) is 20.1 Å². The Balaban J connectivity index is 1.85. The number of hydrogen-bond acceptors (Lipinski definition) is 5. The first-order chi connectivity index (χ1) is 14.0. The van der Waals surface area contributed by atoms with Crippen LogP contribution in [0.5, 0.6) is 5.75 Å². The minimum Gasteiger partial charge on any atom is -0.497 e. The second-order valence-electron chi connectivity index (χ2n) is 8.22. The van der Waals surface area contributed by atoms with Crippen molar-refractivity contribution in [3.8, 4) is 17.1 Å². The van der Waals surface area contributed by atoms with Crippen LogP contribution in [0.1, 0.15) is 52.5 Å². The van der Waals surface area contributed by atoms with Gasteiger partial charge in [0.2, 0.25) is 5.91 Å². The molecule has 2 atom stereocenters. The Kier molecular flexibility index (Phi) is 7.58. The van der Waals surface area contributed by atoms with Crippen LogP contribution in [0.3, 0.4) is 0 Å². The molecule has 1 aliphatic carbocycles. The lowest BCUT2D eigenvalue weighted by Crippen LogP contribution is -2.29. The highest BCUT2D eigenvalue weighted by Gasteiger charge is 2.28. The van der Waals surface area contributed by atoms with Gasteiger partial charge in [0, 0.05) is 18.2 Å². The zero-order valence-electron chi connectivity index (χ0n) is 17.9. The molecule has 1 amide bonds. The molecule has 7 heteroatoms. The van der Waals surface area contributed by atoms with Crippen LogP contribution in [0, 0.1) is 11.8 Å². The van der Waals surface area contributed by atoms with Crippen LogP contribution in [-0.4, -0.2) is 40.1 Å². The summed E-state index contributed by atoms with van der Waals surface area (Å²) in [6, 6.07) is 8.31. The number of amides is 1. The highest BCUT2D eigenvalue weighted by molar-refractivity contribution is 7.99. The lowest BCUT2D eigenvalue weighted by atomic mass is 9.85. The molecule has 6 nitrogen and oxygen atoms in total. The number of methoxy groups -OCH3 is 1. The summed E-state index contributed by atoms with van der Waals surface area (Å²) in [5.74, 6) is 3.09. The van der Waals surface area contributed by atoms with E-state index in [4.69, 9.17) is 4.74 Å². The molecule has 0 unspecified atom stereocenters. The van der Waals surface area contributed by atoms with E-state index in [0.717, 1.165) is 28.7 Å². The summed E-state index contributed by atoms with van der Waals surface area (Å²) >= 11 is 1.48. The maximum absolute atomic E-state index is 12.2. The molecule has 1 heterocycles. The molecular formula is C22H32N4O2S. The molecule has 158 valence electrons. The van der Waals surface area contributed by atoms with Gasteiger partial charge in [0.15, 0.2) is 11.0 Å². The Bertz CT molecular complexity index is 804. The molecule has 0 saturated heterocycles. The SMILES string of the molecule is COc1ccc(-c2nnc(SCC(=O)NCC(C)C)n2[C@H]2CCCC[C@H]2C)cc1. The van der Waals surface area contributed by atoms with Gasteiger partial charge in [-0.1, -0.05) is 45.4 Å². The van der Waals surface area contributed by atoms with Crippen LogP contribution in [0.2, 0.25) is 0 Å². The molecule has 29 heavy (non-hydrogen) atoms. The van der Waals surface area contributed by atoms with Gasteiger partial charge in [-0.2, -0.15) is 0 Å². The number of hydrogen-bond donors (Lipinski definition) is 1. The van der Waals surface area contributed by atoms with Gasteiger partial charge >= 0.3 is 0 Å². The molecule has 0 bridgehead atoms. The number of thioether (sulfide) groups is 1. The summed E-state index contributed by atoms with van der Waals surface area (Å²) < 4.78 is 7.56. The first-order valence-electron chi connectivity index (χ1n) is 10.5. The molecule has 1 saturated carbocycles. The van der Waals surface area contributed by atoms with E-state index in [9.17, 15) is 4.79 Å². The highest BCUT2D eigenvalue weighted by atomic mass is 32.2. The lowest BCUT2D eigenvalue weighted by molar-refractivity contribution is -0.118. The summed E-state index contributed by atoms with van der Waals surface area (Å²) in [4.78, 5) is 12.2. The molecule has 3 rings (SSSR count). The summed E-state index contributed by atoms with van der Waals surface area (Å²) in [6.07, 6.45) is 4.82. The zero-order valence-corrected chi connectivity index (χ0v) is 18.7. The van der Waals surface area contributed by atoms with Crippen molar-refractivity contribution in [1.29, 1.82) is 0 Å². The van der Waals surface area contributed by atoms with Crippen molar-refractivity contribution in [3.05, 3.63) is 24.3 Å². The van der Waals surface area contributed by atoms with Crippen molar-refractivity contribution >= 4 is 17.7 Å². The van der Waals surface area contributed by atoms with Gasteiger partial charge in [-0.25, -0.2) is 0 Å². The quantitative estimate of drug-likeness (QED) is 0.639. The number of carbonyl (C=O) groups is 1. The molecule has 2 aromatic rings. The van der Waals surface area contributed by atoms with E-state index in [2.05, 4.69) is 40.9 Å². The lowest BCUT2D eigenvalue weighted by Gasteiger charge is -2.31. The Morgan fingerprint density at radius 3 is 2.62 bits per heavy atom. The topological polar surface area (TPSA) is 69.0 Å². The molecule has 1 aromatic heterocycles. The van der Waals surface area contributed by atoms with Crippen LogP contribution in [0.25, 0.3) is 11.4 Å². The second kappa shape index (κ2) is 10.1. The van der Waals surface area contributed by atoms with E-state index in [1.54, 1.807) is 7.11 Å². The number of ether oxygens (including phenoxy) is 1. The van der Waals surface area contributed by atoms with E-state index in [0.29, 0.717) is 30.2 Å². The van der Waals surface area contributed by atoms with Crippen molar-refractivity contribution < 1.29 is 9.53 Å². The number of benzene rings is 1. The van der Waals surface area contributed by atoms with Gasteiger partial charge < -0.3 is 10.1 Å². The van der Waals surface area contributed by atoms with Crippen LogP contribution >= 0.6 is 11.8 Å². The predicted molar refractivity (Wildman–Crippen MR) is 117 cm³/mol. The largest absolute Gasteiger partial charge is 0.497 e. The fourth-order valence-corrected chi connectivity index (χ4v) is 4.61. The van der Waals surface area contributed by atoms with Gasteiger partial charge in [-0.15, -0.1) is 10.2 Å². The summed E-state index contributed by atoms with van der Waals surface area (Å²) in [6.45, 7) is 7.19. The Labute approximate surface area is 177 Å². The fourth-order valence-electron chi connectivity index (χ4n) is 3.79. The molecule has 0 spiro atoms. The van der Waals surface area contributed by atoms with Crippen molar-refractivity contribution in [2.75, 3.05) is 19.4 Å². The maximum Gasteiger partial charge on any atom is 0.230 e. The van der Waals surface area contributed by atoms with E-state index in [1.807, 2.05) is 24.3 Å². The van der Waals surface area contributed by atoms with Crippen LogP contribution in [-0.2, 0) is 4.79 Å². The number of carbonyl (C=O) groups excluding carboxylic acids is 1. The minimum atomic E-state index is 0.0425. The van der Waals surface area contributed by atoms with Crippen LogP contribution in [0.15, 0.2) is 29.4 Å². The predicted octanol–water partition coefficient (Wildman–Crippen LogP) is 4.57. The normalized spacial score (nSPS) is 19.3. The smallest absolute Gasteiger partial charge is 0.230 e. The first-order valence-corrected chi connectivity index (χ1v) is 11.5. The summed E-state index contributed by atoms with van der Waals surface area (Å²) in [5, 5.41) is 12.8. The van der Waals surface area contributed by atoms with Crippen LogP contribution < -0.4 is 10.1 Å². The van der Waals surface area contributed by atoms with Gasteiger partial charge in [0.05, 0.1) is 12.9 Å². The van der Waals surface area contributed by atoms with Crippen molar-refractivity contribution in [2.45, 2.75) is 57.7 Å². The maximum atomic E-state index is 12.2. The monoisotopic (exact) mass is 416 g/mol. The molecule has 0 aliphatic heterocycles. The van der Waals surface area contributed by atoms with E-state index < -0.39 is 0 Å². The van der Waals surface area contributed by atoms with E-state index in [-0.39, 0.29) is 5.91 Å². The molecule has 1 aromatic carbocycles. The van der Waals surface area contributed by atoms with E-state index in [1.165, 1.54) is 31.0 Å². The molecule has 1 fully saturated rings. The van der Waals surface area contributed by atoms with Crippen LogP contribution in [0.4, 0.5) is 0 Å². The number of rotatable bonds is 8. The third kappa shape index (κ3) is 5.53. The summed E-state index contributed by atoms with van der Waals surface area (Å²) in [5.41, 5.74) is 1.02. The van der Waals surface area contributed by atoms with E-state index >= 15 is 0 Å². The number of aromatic nitrogens is 3. The third-order valence-electron chi connectivity index (χ3n) is 5.45. The first kappa shape index (κ1) is 21.7. The van der Waals surface area contributed by atoms with Gasteiger partial charge in [0.1, 0.15) is 5.75 Å². The number of nitrogens with one attached hydrogen (secondary N) is 1. The van der Waals surface area contributed by atoms with Gasteiger partial charge in [-0.05, 0) is 48.9 Å². The minimum absolute atomic E-state index is 0.0425. The van der Waals surface area contributed by atoms with Crippen molar-refractivity contribution in [3.63, 3.8) is 0 Å². The zero-order chi connectivity index (χ0) is 20.8. The van der Waals surface area contributed by atoms with Gasteiger partial charge in [0.25, 0.3) is 0 Å². The fraction of sp³-hybridized carbons (Fsp3) is 0.591. The van der Waals surface area contributed by atoms with Gasteiger partial charge in [-0.3, -0.25) is 9.36 Å². The molecular weight excluding hydrogens is 384 g/mol. The summed E-state index contributed by atoms with van der Waals surface area (Å²) in [7, 11) is 1.67. The standard InChI is InChI=1S/C22H32N4O2S/c1-15(2)13-23-20(27)14-29-22-25-24-21(17-9-11-18(28-4)12-10-17)26(22)19-8-6-5-7-16(19)3/h9-12,15-16,19H,5-8,13-14H2,1-4H3,(H,23,27)/t16-,19+/m1/s1. The second-order valence-corrected chi connectivity index (χ2v) is 9.16. The average molecular weight is 417 g/mol. The number of nitrogens with zero attached hydrogens (tertiary/aromatic N) is 3. The molecule has 0 radical (unpaired) electrons. The third-order valence-corrected chi connectivity index (χ3v) is 6.39. The van der Waals surface area contributed by atoms with Crippen molar-refractivity contribution in [2.24, 2.45) is 11.8 Å². The molecule has 1 N–H and O–H groups in total. The Hall–Kier alpha value is -2.02. The average Bonchev–Trinajstić information content (AvgIpc) is 3.14. The Morgan fingerprint density at radius 1 is 1.24 bits per heavy atom.